The molecule has 1 aromatic heterocycles. The molecule has 1 rings (SSSR count). The first-order valence-corrected chi connectivity index (χ1v) is 29.8. The highest BCUT2D eigenvalue weighted by atomic mass is 28.4. The van der Waals surface area contributed by atoms with Gasteiger partial charge in [-0.3, -0.25) is 14.6 Å². The standard InChI is InChI=1S/C46H85NO6Si3/c1-33(28-29-38(51-54(16,17)43(5,6)7)35(3)31-37-27-22-23-30-47-37)25-24-26-34(2)41(53-56(20,21)45(11,12)13)36(4)42(50)46(14,15)39(32-40(48)49)52-55(18,19)44(8,9)10/h22-23,27-28,30-31,34,36,38-39,41H,24-26,29,32H2,1-21H3,(H,48,49)/b33-28-,35-31+/t34-,36+,38-,39-,41-/m0/s1. The van der Waals surface area contributed by atoms with Crippen LogP contribution in [-0.2, 0) is 22.9 Å². The van der Waals surface area contributed by atoms with Gasteiger partial charge in [-0.2, -0.15) is 0 Å². The molecular formula is C46H85NO6Si3. The Morgan fingerprint density at radius 1 is 0.786 bits per heavy atom. The third kappa shape index (κ3) is 15.2. The predicted molar refractivity (Wildman–Crippen MR) is 246 cm³/mol. The first-order valence-electron chi connectivity index (χ1n) is 21.1. The molecule has 1 heterocycles. The van der Waals surface area contributed by atoms with Crippen LogP contribution in [0.1, 0.15) is 142 Å². The number of carboxylic acid groups (broad SMARTS) is 1. The molecule has 0 fully saturated rings. The summed E-state index contributed by atoms with van der Waals surface area (Å²) in [5.74, 6) is -1.27. The van der Waals surface area contributed by atoms with Crippen LogP contribution in [-0.4, -0.2) is 65.1 Å². The van der Waals surface area contributed by atoms with Crippen molar-refractivity contribution in [2.24, 2.45) is 17.3 Å². The van der Waals surface area contributed by atoms with Gasteiger partial charge in [-0.15, -0.1) is 0 Å². The Bertz CT molecular complexity index is 1480. The van der Waals surface area contributed by atoms with Gasteiger partial charge in [0.2, 0.25) is 0 Å². The Labute approximate surface area is 347 Å². The monoisotopic (exact) mass is 832 g/mol. The average molecular weight is 832 g/mol. The number of rotatable bonds is 21. The third-order valence-electron chi connectivity index (χ3n) is 13.5. The normalized spacial score (nSPS) is 17.3. The average Bonchev–Trinajstić information content (AvgIpc) is 3.02. The highest BCUT2D eigenvalue weighted by Crippen LogP contribution is 2.44. The highest BCUT2D eigenvalue weighted by Gasteiger charge is 2.50. The summed E-state index contributed by atoms with van der Waals surface area (Å²) in [5.41, 5.74) is 2.43. The number of aromatic nitrogens is 1. The molecule has 0 unspecified atom stereocenters. The second-order valence-electron chi connectivity index (χ2n) is 21.8. The summed E-state index contributed by atoms with van der Waals surface area (Å²) >= 11 is 0. The number of hydrogen-bond donors (Lipinski definition) is 1. The first kappa shape index (κ1) is 52.3. The van der Waals surface area contributed by atoms with Gasteiger partial charge in [0.1, 0.15) is 5.78 Å². The topological polar surface area (TPSA) is 95.0 Å². The van der Waals surface area contributed by atoms with E-state index in [-0.39, 0.29) is 45.4 Å². The number of carbonyl (C=O) groups excluding carboxylic acids is 1. The fourth-order valence-corrected chi connectivity index (χ4v) is 10.4. The molecule has 1 aromatic rings. The molecule has 0 bridgehead atoms. The van der Waals surface area contributed by atoms with Crippen molar-refractivity contribution in [1.29, 1.82) is 0 Å². The smallest absolute Gasteiger partial charge is 0.305 e. The predicted octanol–water partition coefficient (Wildman–Crippen LogP) is 13.5. The van der Waals surface area contributed by atoms with Gasteiger partial charge in [-0.25, -0.2) is 0 Å². The van der Waals surface area contributed by atoms with Gasteiger partial charge in [-0.05, 0) is 124 Å². The van der Waals surface area contributed by atoms with Crippen LogP contribution in [0.15, 0.2) is 41.6 Å². The zero-order valence-electron chi connectivity index (χ0n) is 39.8. The number of hydrogen-bond acceptors (Lipinski definition) is 6. The van der Waals surface area contributed by atoms with Gasteiger partial charge in [0, 0.05) is 17.5 Å². The lowest BCUT2D eigenvalue weighted by Gasteiger charge is -2.46. The van der Waals surface area contributed by atoms with Gasteiger partial charge < -0.3 is 18.4 Å². The van der Waals surface area contributed by atoms with Crippen LogP contribution in [0.5, 0.6) is 0 Å². The molecule has 0 aliphatic carbocycles. The second kappa shape index (κ2) is 20.0. The summed E-state index contributed by atoms with van der Waals surface area (Å²) in [7, 11) is -6.70. The third-order valence-corrected chi connectivity index (χ3v) is 26.9. The Balaban J connectivity index is 3.37. The summed E-state index contributed by atoms with van der Waals surface area (Å²) in [4.78, 5) is 31.4. The summed E-state index contributed by atoms with van der Waals surface area (Å²) < 4.78 is 20.9. The van der Waals surface area contributed by atoms with Gasteiger partial charge in [0.15, 0.2) is 25.0 Å². The molecule has 322 valence electrons. The van der Waals surface area contributed by atoms with E-state index in [0.29, 0.717) is 0 Å². The van der Waals surface area contributed by atoms with Crippen molar-refractivity contribution in [3.05, 3.63) is 47.3 Å². The van der Waals surface area contributed by atoms with E-state index in [1.165, 1.54) is 11.1 Å². The van der Waals surface area contributed by atoms with Crippen molar-refractivity contribution in [2.45, 2.75) is 209 Å². The molecule has 0 aliphatic heterocycles. The van der Waals surface area contributed by atoms with Crippen molar-refractivity contribution in [1.82, 2.24) is 4.98 Å². The molecule has 7 nitrogen and oxygen atoms in total. The number of carbonyl (C=O) groups is 2. The molecule has 0 saturated carbocycles. The van der Waals surface area contributed by atoms with E-state index in [1.54, 1.807) is 0 Å². The molecule has 1 N–H and O–H groups in total. The van der Waals surface area contributed by atoms with Crippen LogP contribution in [0.2, 0.25) is 54.4 Å². The van der Waals surface area contributed by atoms with Crippen LogP contribution < -0.4 is 0 Å². The molecule has 56 heavy (non-hydrogen) atoms. The maximum absolute atomic E-state index is 14.7. The quantitative estimate of drug-likeness (QED) is 0.0973. The zero-order chi connectivity index (χ0) is 43.9. The minimum Gasteiger partial charge on any atom is -0.481 e. The van der Waals surface area contributed by atoms with Gasteiger partial charge in [0.05, 0.1) is 30.4 Å². The van der Waals surface area contributed by atoms with Gasteiger partial charge >= 0.3 is 5.97 Å². The van der Waals surface area contributed by atoms with Crippen LogP contribution >= 0.6 is 0 Å². The van der Waals surface area contributed by atoms with E-state index in [4.69, 9.17) is 13.3 Å². The number of Topliss-reactive ketones (excluding diaryl/α,β-unsaturated/α-hetero) is 1. The first-order chi connectivity index (χ1) is 25.1. The number of aliphatic carboxylic acids is 1. The Hall–Kier alpha value is -1.70. The lowest BCUT2D eigenvalue weighted by Crippen LogP contribution is -2.54. The lowest BCUT2D eigenvalue weighted by molar-refractivity contribution is -0.146. The number of allylic oxidation sites excluding steroid dienone is 1. The number of carboxylic acids is 1. The molecule has 10 heteroatoms. The lowest BCUT2D eigenvalue weighted by atomic mass is 9.73. The molecule has 0 amide bonds. The second-order valence-corrected chi connectivity index (χ2v) is 36.1. The van der Waals surface area contributed by atoms with E-state index in [1.807, 2.05) is 45.2 Å². The molecule has 0 aromatic carbocycles. The van der Waals surface area contributed by atoms with E-state index in [0.717, 1.165) is 31.4 Å². The summed E-state index contributed by atoms with van der Waals surface area (Å²) in [6, 6.07) is 5.99. The number of nitrogens with zero attached hydrogens (tertiary/aromatic N) is 1. The minimum atomic E-state index is -2.38. The maximum Gasteiger partial charge on any atom is 0.305 e. The van der Waals surface area contributed by atoms with E-state index >= 15 is 0 Å². The number of pyridine rings is 1. The molecule has 0 radical (unpaired) electrons. The van der Waals surface area contributed by atoms with Gasteiger partial charge in [-0.1, -0.05) is 108 Å². The molecule has 0 spiro atoms. The summed E-state index contributed by atoms with van der Waals surface area (Å²) in [5, 5.41) is 9.91. The van der Waals surface area contributed by atoms with Crippen molar-refractivity contribution < 1.29 is 28.0 Å². The fraction of sp³-hybridized carbons (Fsp3) is 0.761. The van der Waals surface area contributed by atoms with E-state index in [9.17, 15) is 14.7 Å². The Morgan fingerprint density at radius 3 is 1.75 bits per heavy atom. The minimum absolute atomic E-state index is 0.0102. The fourth-order valence-electron chi connectivity index (χ4n) is 6.18. The van der Waals surface area contributed by atoms with E-state index in [2.05, 4.69) is 140 Å². The molecule has 0 aliphatic rings. The molecule has 5 atom stereocenters. The molecule has 0 saturated heterocycles. The van der Waals surface area contributed by atoms with Crippen LogP contribution in [0, 0.1) is 17.3 Å². The van der Waals surface area contributed by atoms with Crippen LogP contribution in [0.25, 0.3) is 6.08 Å². The van der Waals surface area contributed by atoms with Crippen molar-refractivity contribution >= 4 is 42.8 Å². The Kier molecular flexibility index (Phi) is 18.7. The molecular weight excluding hydrogens is 747 g/mol. The zero-order valence-corrected chi connectivity index (χ0v) is 42.8. The van der Waals surface area contributed by atoms with Gasteiger partial charge in [0.25, 0.3) is 0 Å². The Morgan fingerprint density at radius 2 is 1.29 bits per heavy atom. The largest absolute Gasteiger partial charge is 0.481 e. The summed E-state index contributed by atoms with van der Waals surface area (Å²) in [6.07, 6.45) is 8.67. The van der Waals surface area contributed by atoms with E-state index < -0.39 is 48.4 Å². The number of ketones is 1. The van der Waals surface area contributed by atoms with Crippen LogP contribution in [0.3, 0.4) is 0 Å². The van der Waals surface area contributed by atoms with Crippen molar-refractivity contribution in [3.63, 3.8) is 0 Å². The SMILES string of the molecule is C/C(=C/C[C@H](O[Si](C)(C)C(C)(C)C)/C(C)=C/c1ccccn1)CCC[C@H](C)[C@H](O[Si](C)(C)C(C)(C)C)[C@@H](C)C(=O)C(C)(C)[C@H](CC(=O)O)O[Si](C)(C)C(C)(C)C. The highest BCUT2D eigenvalue weighted by molar-refractivity contribution is 6.75. The van der Waals surface area contributed by atoms with Crippen molar-refractivity contribution in [3.8, 4) is 0 Å². The van der Waals surface area contributed by atoms with Crippen LogP contribution in [0.4, 0.5) is 0 Å². The maximum atomic E-state index is 14.7. The van der Waals surface area contributed by atoms with Crippen molar-refractivity contribution in [2.75, 3.05) is 0 Å². The summed E-state index contributed by atoms with van der Waals surface area (Å²) in [6.45, 7) is 45.7.